The molecule has 0 spiro atoms. The molecule has 3 aromatic rings. The van der Waals surface area contributed by atoms with Crippen LogP contribution in [0.1, 0.15) is 29.8 Å². The van der Waals surface area contributed by atoms with Crippen molar-refractivity contribution >= 4 is 54.8 Å². The van der Waals surface area contributed by atoms with Gasteiger partial charge in [-0.15, -0.1) is 0 Å². The fourth-order valence-electron chi connectivity index (χ4n) is 4.44. The van der Waals surface area contributed by atoms with Gasteiger partial charge in [-0.25, -0.2) is 16.8 Å². The van der Waals surface area contributed by atoms with E-state index in [1.807, 2.05) is 0 Å². The molecule has 0 unspecified atom stereocenters. The van der Waals surface area contributed by atoms with Crippen LogP contribution >= 0.6 is 11.6 Å². The first-order valence-electron chi connectivity index (χ1n) is 13.5. The molecule has 0 saturated carbocycles. The Morgan fingerprint density at radius 1 is 0.907 bits per heavy atom. The number of carbonyl (C=O) groups is 2. The van der Waals surface area contributed by atoms with Crippen LogP contribution in [0.2, 0.25) is 5.02 Å². The third kappa shape index (κ3) is 7.92. The van der Waals surface area contributed by atoms with Crippen LogP contribution in [0.5, 0.6) is 0 Å². The summed E-state index contributed by atoms with van der Waals surface area (Å²) < 4.78 is 61.4. The molecule has 230 valence electrons. The highest BCUT2D eigenvalue weighted by Crippen LogP contribution is 2.25. The van der Waals surface area contributed by atoms with E-state index in [9.17, 15) is 26.4 Å². The van der Waals surface area contributed by atoms with E-state index in [2.05, 4.69) is 15.4 Å². The van der Waals surface area contributed by atoms with E-state index in [0.29, 0.717) is 10.6 Å². The lowest BCUT2D eigenvalue weighted by Gasteiger charge is -2.26. The number of carbonyl (C=O) groups excluding carboxylic acids is 2. The number of halogens is 1. The molecule has 0 aliphatic carbocycles. The van der Waals surface area contributed by atoms with Gasteiger partial charge in [-0.1, -0.05) is 43.6 Å². The topological polar surface area (TPSA) is 151 Å². The lowest BCUT2D eigenvalue weighted by atomic mass is 10.0. The van der Waals surface area contributed by atoms with Crippen LogP contribution < -0.4 is 15.4 Å². The number of nitrogens with one attached hydrogen (secondary N) is 3. The molecular weight excluding hydrogens is 616 g/mol. The molecule has 3 aromatic carbocycles. The summed E-state index contributed by atoms with van der Waals surface area (Å²) in [6, 6.07) is 15.3. The molecule has 1 aliphatic rings. The summed E-state index contributed by atoms with van der Waals surface area (Å²) >= 11 is 5.98. The van der Waals surface area contributed by atoms with Crippen molar-refractivity contribution in [1.82, 2.24) is 9.62 Å². The maximum atomic E-state index is 13.3. The molecule has 0 aromatic heterocycles. The first-order valence-corrected chi connectivity index (χ1v) is 16.8. The third-order valence-electron chi connectivity index (χ3n) is 6.76. The zero-order chi connectivity index (χ0) is 31.4. The number of sulfonamides is 2. The van der Waals surface area contributed by atoms with Crippen LogP contribution in [0.3, 0.4) is 0 Å². The number of hydrogen-bond acceptors (Lipinski definition) is 7. The minimum absolute atomic E-state index is 0.0348. The van der Waals surface area contributed by atoms with Crippen LogP contribution in [0.25, 0.3) is 0 Å². The van der Waals surface area contributed by atoms with Crippen molar-refractivity contribution in [3.63, 3.8) is 0 Å². The molecule has 4 rings (SSSR count). The first-order chi connectivity index (χ1) is 20.3. The molecule has 3 N–H and O–H groups in total. The van der Waals surface area contributed by atoms with Gasteiger partial charge in [0.25, 0.3) is 15.9 Å². The zero-order valence-corrected chi connectivity index (χ0v) is 26.2. The van der Waals surface area contributed by atoms with Crippen molar-refractivity contribution in [3.8, 4) is 0 Å². The summed E-state index contributed by atoms with van der Waals surface area (Å²) in [5, 5.41) is 5.74. The molecule has 1 heterocycles. The second-order valence-electron chi connectivity index (χ2n) is 10.3. The Hall–Kier alpha value is -3.49. The molecule has 43 heavy (non-hydrogen) atoms. The van der Waals surface area contributed by atoms with E-state index in [0.717, 1.165) is 0 Å². The average molecular weight is 649 g/mol. The van der Waals surface area contributed by atoms with Gasteiger partial charge in [0.05, 0.1) is 28.7 Å². The minimum atomic E-state index is -4.02. The van der Waals surface area contributed by atoms with E-state index in [-0.39, 0.29) is 59.0 Å². The fourth-order valence-corrected chi connectivity index (χ4v) is 7.41. The number of ether oxygens (including phenoxy) is 1. The number of rotatable bonds is 10. The number of benzene rings is 3. The molecule has 1 aliphatic heterocycles. The summed E-state index contributed by atoms with van der Waals surface area (Å²) in [6.45, 7) is 6.12. The quantitative estimate of drug-likeness (QED) is 0.302. The van der Waals surface area contributed by atoms with Crippen molar-refractivity contribution in [2.45, 2.75) is 36.6 Å². The zero-order valence-electron chi connectivity index (χ0n) is 23.8. The van der Waals surface area contributed by atoms with Crippen LogP contribution in [-0.4, -0.2) is 65.3 Å². The summed E-state index contributed by atoms with van der Waals surface area (Å²) in [4.78, 5) is 26.4. The second-order valence-corrected chi connectivity index (χ2v) is 14.4. The highest BCUT2D eigenvalue weighted by Gasteiger charge is 2.29. The van der Waals surface area contributed by atoms with Crippen LogP contribution in [-0.2, 0) is 29.6 Å². The third-order valence-corrected chi connectivity index (χ3v) is 10.4. The SMILES string of the molecule is Cc1ccc(NC(=O)[C@H](NC(=O)c2cccc(S(=O)(=O)N3CCOCC3)c2)C(C)C)cc1S(=O)(=O)Nc1cccc(Cl)c1. The summed E-state index contributed by atoms with van der Waals surface area (Å²) in [6.07, 6.45) is 0. The van der Waals surface area contributed by atoms with Gasteiger partial charge in [0.1, 0.15) is 6.04 Å². The monoisotopic (exact) mass is 648 g/mol. The molecule has 2 amide bonds. The van der Waals surface area contributed by atoms with Gasteiger partial charge >= 0.3 is 0 Å². The number of aryl methyl sites for hydroxylation is 1. The summed E-state index contributed by atoms with van der Waals surface area (Å²) in [5.74, 6) is -1.57. The molecule has 11 nitrogen and oxygen atoms in total. The van der Waals surface area contributed by atoms with Gasteiger partial charge in [-0.05, 0) is 66.9 Å². The van der Waals surface area contributed by atoms with E-state index in [1.54, 1.807) is 51.1 Å². The summed E-state index contributed by atoms with van der Waals surface area (Å²) in [5.41, 5.74) is 1.02. The Labute approximate surface area is 256 Å². The van der Waals surface area contributed by atoms with Crippen molar-refractivity contribution in [2.24, 2.45) is 5.92 Å². The van der Waals surface area contributed by atoms with Gasteiger partial charge in [0.15, 0.2) is 0 Å². The molecule has 1 fully saturated rings. The Balaban J connectivity index is 1.50. The number of nitrogens with zero attached hydrogens (tertiary/aromatic N) is 1. The standard InChI is InChI=1S/C29H33ClN4O7S2/c1-19(2)27(32-28(35)21-6-4-9-25(16-21)43(39,40)34-12-14-41-15-13-34)29(36)31-23-11-10-20(3)26(18-23)42(37,38)33-24-8-5-7-22(30)17-24/h4-11,16-19,27,33H,12-15H2,1-3H3,(H,31,36)(H,32,35)/t27-/m1/s1. The van der Waals surface area contributed by atoms with Crippen LogP contribution in [0.4, 0.5) is 11.4 Å². The van der Waals surface area contributed by atoms with E-state index >= 15 is 0 Å². The minimum Gasteiger partial charge on any atom is -0.379 e. The predicted octanol–water partition coefficient (Wildman–Crippen LogP) is 3.86. The number of hydrogen-bond donors (Lipinski definition) is 3. The van der Waals surface area contributed by atoms with E-state index in [4.69, 9.17) is 16.3 Å². The van der Waals surface area contributed by atoms with Gasteiger partial charge in [-0.2, -0.15) is 4.31 Å². The lowest BCUT2D eigenvalue weighted by Crippen LogP contribution is -2.47. The van der Waals surface area contributed by atoms with E-state index in [1.165, 1.54) is 40.7 Å². The average Bonchev–Trinajstić information content (AvgIpc) is 2.96. The molecule has 0 radical (unpaired) electrons. The normalized spacial score (nSPS) is 15.1. The fraction of sp³-hybridized carbons (Fsp3) is 0.310. The van der Waals surface area contributed by atoms with Gasteiger partial charge in [0, 0.05) is 29.4 Å². The van der Waals surface area contributed by atoms with Crippen LogP contribution in [0.15, 0.2) is 76.5 Å². The maximum Gasteiger partial charge on any atom is 0.262 e. The number of morpholine rings is 1. The Morgan fingerprint density at radius 3 is 2.28 bits per heavy atom. The summed E-state index contributed by atoms with van der Waals surface area (Å²) in [7, 11) is -7.85. The predicted molar refractivity (Wildman–Crippen MR) is 164 cm³/mol. The van der Waals surface area contributed by atoms with Crippen molar-refractivity contribution in [3.05, 3.63) is 82.9 Å². The number of anilines is 2. The van der Waals surface area contributed by atoms with Crippen LogP contribution in [0, 0.1) is 12.8 Å². The first kappa shape index (κ1) is 32.4. The lowest BCUT2D eigenvalue weighted by molar-refractivity contribution is -0.118. The number of amides is 2. The maximum absolute atomic E-state index is 13.3. The van der Waals surface area contributed by atoms with Gasteiger partial charge in [0.2, 0.25) is 15.9 Å². The van der Waals surface area contributed by atoms with Gasteiger partial charge < -0.3 is 15.4 Å². The molecule has 0 bridgehead atoms. The molecule has 1 atom stereocenters. The molecule has 1 saturated heterocycles. The molecule has 14 heteroatoms. The van der Waals surface area contributed by atoms with E-state index < -0.39 is 37.9 Å². The van der Waals surface area contributed by atoms with Crippen molar-refractivity contribution in [1.29, 1.82) is 0 Å². The Kier molecular flexibility index (Phi) is 10.1. The van der Waals surface area contributed by atoms with Gasteiger partial charge in [-0.3, -0.25) is 14.3 Å². The van der Waals surface area contributed by atoms with Crippen molar-refractivity contribution in [2.75, 3.05) is 36.3 Å². The Bertz CT molecular complexity index is 1720. The highest BCUT2D eigenvalue weighted by molar-refractivity contribution is 7.92. The second kappa shape index (κ2) is 13.4. The smallest absolute Gasteiger partial charge is 0.262 e. The molecular formula is C29H33ClN4O7S2. The largest absolute Gasteiger partial charge is 0.379 e. The highest BCUT2D eigenvalue weighted by atomic mass is 35.5. The Morgan fingerprint density at radius 2 is 1.60 bits per heavy atom. The van der Waals surface area contributed by atoms with Crippen molar-refractivity contribution < 1.29 is 31.2 Å².